The van der Waals surface area contributed by atoms with Crippen molar-refractivity contribution in [3.63, 3.8) is 0 Å². The molecule has 18 heavy (non-hydrogen) atoms. The van der Waals surface area contributed by atoms with Gasteiger partial charge in [-0.1, -0.05) is 0 Å². The molecular weight excluding hydrogens is 224 g/mol. The molecule has 1 atom stereocenters. The Balaban J connectivity index is 2.11. The number of fused-ring (bicyclic) bond motifs is 1. The fraction of sp³-hybridized carbons (Fsp3) is 0.571. The van der Waals surface area contributed by atoms with Crippen molar-refractivity contribution in [3.05, 3.63) is 24.3 Å². The summed E-state index contributed by atoms with van der Waals surface area (Å²) in [6.45, 7) is 6.62. The van der Waals surface area contributed by atoms with E-state index in [1.165, 1.54) is 18.7 Å². The van der Waals surface area contributed by atoms with Crippen LogP contribution in [0.4, 0.5) is 0 Å². The molecule has 2 aromatic rings. The van der Waals surface area contributed by atoms with Gasteiger partial charge in [-0.15, -0.1) is 0 Å². The Morgan fingerprint density at radius 2 is 2.33 bits per heavy atom. The van der Waals surface area contributed by atoms with Gasteiger partial charge in [-0.3, -0.25) is 4.98 Å². The van der Waals surface area contributed by atoms with Crippen LogP contribution in [-0.4, -0.2) is 27.6 Å². The van der Waals surface area contributed by atoms with E-state index in [9.17, 15) is 0 Å². The zero-order valence-corrected chi connectivity index (χ0v) is 11.1. The molecule has 0 bridgehead atoms. The van der Waals surface area contributed by atoms with Crippen LogP contribution in [0.3, 0.4) is 0 Å². The first-order valence-corrected chi connectivity index (χ1v) is 6.80. The highest BCUT2D eigenvalue weighted by molar-refractivity contribution is 5.75. The van der Waals surface area contributed by atoms with Crippen LogP contribution in [0.25, 0.3) is 11.0 Å². The zero-order chi connectivity index (χ0) is 12.5. The zero-order valence-electron chi connectivity index (χ0n) is 11.1. The van der Waals surface area contributed by atoms with E-state index in [4.69, 9.17) is 4.98 Å². The second-order valence-electron chi connectivity index (χ2n) is 5.34. The van der Waals surface area contributed by atoms with Gasteiger partial charge >= 0.3 is 0 Å². The minimum absolute atomic E-state index is 0.427. The summed E-state index contributed by atoms with van der Waals surface area (Å²) in [5, 5.41) is 3.47. The Morgan fingerprint density at radius 1 is 1.44 bits per heavy atom. The lowest BCUT2D eigenvalue weighted by Gasteiger charge is -2.24. The van der Waals surface area contributed by atoms with Crippen LogP contribution in [0.1, 0.15) is 44.5 Å². The van der Waals surface area contributed by atoms with E-state index >= 15 is 0 Å². The summed E-state index contributed by atoms with van der Waals surface area (Å²) in [7, 11) is 0. The third kappa shape index (κ3) is 1.90. The van der Waals surface area contributed by atoms with Gasteiger partial charge in [0.15, 0.2) is 0 Å². The molecule has 0 spiro atoms. The van der Waals surface area contributed by atoms with Crippen molar-refractivity contribution in [1.82, 2.24) is 19.9 Å². The first-order chi connectivity index (χ1) is 8.77. The Morgan fingerprint density at radius 3 is 3.06 bits per heavy atom. The lowest BCUT2D eigenvalue weighted by molar-refractivity contribution is 0.425. The third-order valence-electron chi connectivity index (χ3n) is 3.70. The molecule has 1 N–H and O–H groups in total. The van der Waals surface area contributed by atoms with Crippen LogP contribution >= 0.6 is 0 Å². The first-order valence-electron chi connectivity index (χ1n) is 6.80. The van der Waals surface area contributed by atoms with Gasteiger partial charge in [-0.25, -0.2) is 4.98 Å². The predicted molar refractivity (Wildman–Crippen MR) is 72.8 cm³/mol. The van der Waals surface area contributed by atoms with E-state index in [-0.39, 0.29) is 0 Å². The minimum atomic E-state index is 0.427. The van der Waals surface area contributed by atoms with Crippen LogP contribution in [0, 0.1) is 0 Å². The highest BCUT2D eigenvalue weighted by Gasteiger charge is 2.23. The molecule has 1 fully saturated rings. The number of rotatable bonds is 2. The molecule has 0 saturated carbocycles. The maximum atomic E-state index is 4.84. The molecule has 0 amide bonds. The number of nitrogens with zero attached hydrogens (tertiary/aromatic N) is 3. The molecule has 4 nitrogen and oxygen atoms in total. The third-order valence-corrected chi connectivity index (χ3v) is 3.70. The highest BCUT2D eigenvalue weighted by atomic mass is 15.1. The van der Waals surface area contributed by atoms with Crippen molar-refractivity contribution in [1.29, 1.82) is 0 Å². The number of imidazole rings is 1. The van der Waals surface area contributed by atoms with Crippen molar-refractivity contribution in [2.75, 3.05) is 13.1 Å². The molecule has 1 aliphatic heterocycles. The van der Waals surface area contributed by atoms with E-state index in [1.807, 2.05) is 18.5 Å². The van der Waals surface area contributed by atoms with Gasteiger partial charge in [0.1, 0.15) is 5.82 Å². The molecule has 2 aromatic heterocycles. The summed E-state index contributed by atoms with van der Waals surface area (Å²) in [6.07, 6.45) is 6.23. The van der Waals surface area contributed by atoms with Crippen LogP contribution in [0.2, 0.25) is 0 Å². The molecule has 3 heterocycles. The van der Waals surface area contributed by atoms with Crippen molar-refractivity contribution in [2.24, 2.45) is 0 Å². The number of pyridine rings is 1. The molecule has 0 aromatic carbocycles. The highest BCUT2D eigenvalue weighted by Crippen LogP contribution is 2.28. The largest absolute Gasteiger partial charge is 0.324 e. The molecule has 1 saturated heterocycles. The van der Waals surface area contributed by atoms with Crippen LogP contribution in [0.5, 0.6) is 0 Å². The maximum absolute atomic E-state index is 4.84. The topological polar surface area (TPSA) is 42.7 Å². The van der Waals surface area contributed by atoms with Crippen molar-refractivity contribution >= 4 is 11.0 Å². The fourth-order valence-electron chi connectivity index (χ4n) is 2.86. The van der Waals surface area contributed by atoms with Crippen molar-refractivity contribution in [2.45, 2.75) is 38.6 Å². The molecule has 0 aliphatic carbocycles. The van der Waals surface area contributed by atoms with Crippen LogP contribution in [-0.2, 0) is 0 Å². The van der Waals surface area contributed by atoms with Gasteiger partial charge in [0, 0.05) is 24.7 Å². The summed E-state index contributed by atoms with van der Waals surface area (Å²) < 4.78 is 2.35. The van der Waals surface area contributed by atoms with E-state index in [0.29, 0.717) is 12.0 Å². The van der Waals surface area contributed by atoms with Gasteiger partial charge < -0.3 is 9.88 Å². The summed E-state index contributed by atoms with van der Waals surface area (Å²) in [4.78, 5) is 9.08. The lowest BCUT2D eigenvalue weighted by Crippen LogP contribution is -2.30. The van der Waals surface area contributed by atoms with Gasteiger partial charge in [0.25, 0.3) is 0 Å². The van der Waals surface area contributed by atoms with E-state index in [1.54, 1.807) is 0 Å². The normalized spacial score (nSPS) is 20.7. The number of piperidine rings is 1. The molecule has 0 radical (unpaired) electrons. The lowest BCUT2D eigenvalue weighted by atomic mass is 9.98. The summed E-state index contributed by atoms with van der Waals surface area (Å²) >= 11 is 0. The van der Waals surface area contributed by atoms with Gasteiger partial charge in [0.05, 0.1) is 17.2 Å². The molecule has 96 valence electrons. The first kappa shape index (κ1) is 11.7. The summed E-state index contributed by atoms with van der Waals surface area (Å²) in [5.74, 6) is 1.76. The quantitative estimate of drug-likeness (QED) is 0.882. The van der Waals surface area contributed by atoms with Gasteiger partial charge in [-0.05, 0) is 39.3 Å². The fourth-order valence-corrected chi connectivity index (χ4v) is 2.86. The second-order valence-corrected chi connectivity index (χ2v) is 5.34. The van der Waals surface area contributed by atoms with Crippen LogP contribution < -0.4 is 5.32 Å². The monoisotopic (exact) mass is 244 g/mol. The Kier molecular flexibility index (Phi) is 3.04. The maximum Gasteiger partial charge on any atom is 0.114 e. The average Bonchev–Trinajstić information content (AvgIpc) is 2.79. The Bertz CT molecular complexity index is 538. The molecular formula is C14H20N4. The van der Waals surface area contributed by atoms with Gasteiger partial charge in [-0.2, -0.15) is 0 Å². The smallest absolute Gasteiger partial charge is 0.114 e. The summed E-state index contributed by atoms with van der Waals surface area (Å²) in [6, 6.07) is 2.43. The van der Waals surface area contributed by atoms with Crippen molar-refractivity contribution in [3.8, 4) is 0 Å². The van der Waals surface area contributed by atoms with E-state index < -0.39 is 0 Å². The van der Waals surface area contributed by atoms with Crippen LogP contribution in [0.15, 0.2) is 18.5 Å². The standard InChI is InChI=1S/C14H20N4/c1-10(2)18-13-9-16-7-5-12(13)17-14(18)11-4-3-6-15-8-11/h5,7,9-11,15H,3-4,6,8H2,1-2H3/t11-/m0/s1. The number of aromatic nitrogens is 3. The van der Waals surface area contributed by atoms with E-state index in [2.05, 4.69) is 28.7 Å². The predicted octanol–water partition coefficient (Wildman–Crippen LogP) is 2.48. The molecule has 3 rings (SSSR count). The van der Waals surface area contributed by atoms with Crippen molar-refractivity contribution < 1.29 is 0 Å². The Labute approximate surface area is 107 Å². The summed E-state index contributed by atoms with van der Waals surface area (Å²) in [5.41, 5.74) is 2.23. The number of nitrogens with one attached hydrogen (secondary N) is 1. The molecule has 1 aliphatic rings. The van der Waals surface area contributed by atoms with Gasteiger partial charge in [0.2, 0.25) is 0 Å². The number of hydrogen-bond donors (Lipinski definition) is 1. The SMILES string of the molecule is CC(C)n1c([C@H]2CCCNC2)nc2ccncc21. The number of hydrogen-bond acceptors (Lipinski definition) is 3. The second kappa shape index (κ2) is 4.69. The Hall–Kier alpha value is -1.42. The van der Waals surface area contributed by atoms with E-state index in [0.717, 1.165) is 24.1 Å². The molecule has 0 unspecified atom stereocenters. The minimum Gasteiger partial charge on any atom is -0.324 e. The molecule has 4 heteroatoms. The average molecular weight is 244 g/mol.